The molecule has 3 nitrogen and oxygen atoms in total. The molecule has 0 spiro atoms. The van der Waals surface area contributed by atoms with Crippen LogP contribution in [-0.2, 0) is 0 Å². The smallest absolute Gasteiger partial charge is 0.143 e. The standard InChI is InChI=1S/C40H25NO2/c1-2-10-26(11-3-1)27-18-20-28(21-19-27)41(29-22-23-39-34(24-29)31-13-6-8-16-37(31)42-39)36-25-35-32-14-7-9-17-38(32)43-40(35)33-15-5-4-12-30(33)36/h1-25H. The predicted octanol–water partition coefficient (Wildman–Crippen LogP) is 11.8. The number of anilines is 3. The van der Waals surface area contributed by atoms with E-state index >= 15 is 0 Å². The molecule has 0 unspecified atom stereocenters. The summed E-state index contributed by atoms with van der Waals surface area (Å²) in [6, 6.07) is 53.2. The molecule has 9 rings (SSSR count). The Morgan fingerprint density at radius 1 is 0.349 bits per heavy atom. The Bertz CT molecular complexity index is 2450. The summed E-state index contributed by atoms with van der Waals surface area (Å²) in [6.07, 6.45) is 0. The van der Waals surface area contributed by atoms with Gasteiger partial charge in [0.1, 0.15) is 22.3 Å². The van der Waals surface area contributed by atoms with Crippen LogP contribution in [0.15, 0.2) is 160 Å². The van der Waals surface area contributed by atoms with Gasteiger partial charge < -0.3 is 13.7 Å². The van der Waals surface area contributed by atoms with Crippen molar-refractivity contribution in [2.24, 2.45) is 0 Å². The molecule has 0 aliphatic rings. The van der Waals surface area contributed by atoms with Gasteiger partial charge in [0.2, 0.25) is 0 Å². The maximum Gasteiger partial charge on any atom is 0.143 e. The highest BCUT2D eigenvalue weighted by Gasteiger charge is 2.21. The summed E-state index contributed by atoms with van der Waals surface area (Å²) < 4.78 is 12.6. The molecule has 0 aliphatic heterocycles. The van der Waals surface area contributed by atoms with E-state index in [2.05, 4.69) is 132 Å². The molecule has 7 aromatic carbocycles. The highest BCUT2D eigenvalue weighted by Crippen LogP contribution is 2.45. The first-order valence-corrected chi connectivity index (χ1v) is 14.5. The van der Waals surface area contributed by atoms with Crippen molar-refractivity contribution in [2.75, 3.05) is 4.90 Å². The zero-order valence-electron chi connectivity index (χ0n) is 23.2. The van der Waals surface area contributed by atoms with E-state index in [0.29, 0.717) is 0 Å². The minimum absolute atomic E-state index is 0.880. The van der Waals surface area contributed by atoms with Crippen molar-refractivity contribution in [3.05, 3.63) is 152 Å². The van der Waals surface area contributed by atoms with Crippen molar-refractivity contribution in [2.45, 2.75) is 0 Å². The maximum absolute atomic E-state index is 6.44. The third-order valence-corrected chi connectivity index (χ3v) is 8.45. The van der Waals surface area contributed by atoms with E-state index in [1.807, 2.05) is 24.3 Å². The van der Waals surface area contributed by atoms with Crippen molar-refractivity contribution < 1.29 is 8.83 Å². The van der Waals surface area contributed by atoms with Crippen LogP contribution in [0.4, 0.5) is 17.1 Å². The monoisotopic (exact) mass is 551 g/mol. The minimum atomic E-state index is 0.880. The Kier molecular flexibility index (Phi) is 5.20. The van der Waals surface area contributed by atoms with Crippen LogP contribution in [0.5, 0.6) is 0 Å². The molecule has 2 heterocycles. The van der Waals surface area contributed by atoms with Crippen molar-refractivity contribution in [3.8, 4) is 11.1 Å². The molecule has 0 aliphatic carbocycles. The third-order valence-electron chi connectivity index (χ3n) is 8.45. The van der Waals surface area contributed by atoms with Gasteiger partial charge in [-0.25, -0.2) is 0 Å². The highest BCUT2D eigenvalue weighted by molar-refractivity contribution is 6.20. The summed E-state index contributed by atoms with van der Waals surface area (Å²) in [7, 11) is 0. The number of hydrogen-bond donors (Lipinski definition) is 0. The van der Waals surface area contributed by atoms with E-state index in [1.54, 1.807) is 0 Å². The molecule has 0 amide bonds. The second kappa shape index (κ2) is 9.37. The van der Waals surface area contributed by atoms with Gasteiger partial charge in [-0.2, -0.15) is 0 Å². The fourth-order valence-electron chi connectivity index (χ4n) is 6.43. The van der Waals surface area contributed by atoms with Crippen LogP contribution in [-0.4, -0.2) is 0 Å². The van der Waals surface area contributed by atoms with E-state index in [9.17, 15) is 0 Å². The second-order valence-electron chi connectivity index (χ2n) is 10.9. The highest BCUT2D eigenvalue weighted by atomic mass is 16.3. The zero-order chi connectivity index (χ0) is 28.3. The molecule has 9 aromatic rings. The molecule has 202 valence electrons. The molecule has 0 fully saturated rings. The van der Waals surface area contributed by atoms with Crippen LogP contribution in [0.3, 0.4) is 0 Å². The van der Waals surface area contributed by atoms with Crippen LogP contribution in [0.1, 0.15) is 0 Å². The first-order chi connectivity index (χ1) is 21.3. The van der Waals surface area contributed by atoms with Gasteiger partial charge in [-0.3, -0.25) is 0 Å². The Balaban J connectivity index is 1.34. The summed E-state index contributed by atoms with van der Waals surface area (Å²) in [6.45, 7) is 0. The molecule has 3 heteroatoms. The molecule has 0 saturated carbocycles. The number of furan rings is 2. The molecule has 0 atom stereocenters. The lowest BCUT2D eigenvalue weighted by Crippen LogP contribution is -2.10. The van der Waals surface area contributed by atoms with Crippen LogP contribution in [0, 0.1) is 0 Å². The summed E-state index contributed by atoms with van der Waals surface area (Å²) in [4.78, 5) is 2.36. The van der Waals surface area contributed by atoms with Gasteiger partial charge in [0, 0.05) is 43.7 Å². The predicted molar refractivity (Wildman–Crippen MR) is 179 cm³/mol. The number of nitrogens with zero attached hydrogens (tertiary/aromatic N) is 1. The quantitative estimate of drug-likeness (QED) is 0.218. The van der Waals surface area contributed by atoms with E-state index < -0.39 is 0 Å². The fourth-order valence-corrected chi connectivity index (χ4v) is 6.43. The Morgan fingerprint density at radius 2 is 0.907 bits per heavy atom. The number of rotatable bonds is 4. The summed E-state index contributed by atoms with van der Waals surface area (Å²) in [5.41, 5.74) is 9.18. The van der Waals surface area contributed by atoms with Crippen LogP contribution in [0.25, 0.3) is 65.8 Å². The van der Waals surface area contributed by atoms with Gasteiger partial charge in [-0.1, -0.05) is 103 Å². The van der Waals surface area contributed by atoms with E-state index in [4.69, 9.17) is 8.83 Å². The van der Waals surface area contributed by atoms with Crippen LogP contribution in [0.2, 0.25) is 0 Å². The topological polar surface area (TPSA) is 29.5 Å². The first-order valence-electron chi connectivity index (χ1n) is 14.5. The number of hydrogen-bond acceptors (Lipinski definition) is 3. The second-order valence-corrected chi connectivity index (χ2v) is 10.9. The van der Waals surface area contributed by atoms with Crippen LogP contribution < -0.4 is 4.90 Å². The lowest BCUT2D eigenvalue weighted by molar-refractivity contribution is 0.669. The van der Waals surface area contributed by atoms with Crippen molar-refractivity contribution >= 4 is 71.7 Å². The minimum Gasteiger partial charge on any atom is -0.456 e. The number of benzene rings is 7. The lowest BCUT2D eigenvalue weighted by Gasteiger charge is -2.27. The van der Waals surface area contributed by atoms with Crippen molar-refractivity contribution in [1.82, 2.24) is 0 Å². The number of fused-ring (bicyclic) bond motifs is 8. The van der Waals surface area contributed by atoms with Crippen molar-refractivity contribution in [3.63, 3.8) is 0 Å². The molecular formula is C40H25NO2. The van der Waals surface area contributed by atoms with Crippen LogP contribution >= 0.6 is 0 Å². The summed E-state index contributed by atoms with van der Waals surface area (Å²) in [5, 5.41) is 6.63. The van der Waals surface area contributed by atoms with Gasteiger partial charge >= 0.3 is 0 Å². The molecule has 0 bridgehead atoms. The molecule has 0 radical (unpaired) electrons. The Labute approximate surface area is 247 Å². The largest absolute Gasteiger partial charge is 0.456 e. The Morgan fingerprint density at radius 3 is 1.67 bits per heavy atom. The summed E-state index contributed by atoms with van der Waals surface area (Å²) in [5.74, 6) is 0. The van der Waals surface area contributed by atoms with Gasteiger partial charge in [-0.05, 0) is 59.7 Å². The Hall–Kier alpha value is -5.80. The van der Waals surface area contributed by atoms with E-state index in [0.717, 1.165) is 71.7 Å². The van der Waals surface area contributed by atoms with Gasteiger partial charge in [-0.15, -0.1) is 0 Å². The molecule has 43 heavy (non-hydrogen) atoms. The number of para-hydroxylation sites is 2. The molecule has 0 saturated heterocycles. The van der Waals surface area contributed by atoms with Crippen molar-refractivity contribution in [1.29, 1.82) is 0 Å². The fraction of sp³-hybridized carbons (Fsp3) is 0. The van der Waals surface area contributed by atoms with Gasteiger partial charge in [0.05, 0.1) is 5.69 Å². The average Bonchev–Trinajstić information content (AvgIpc) is 3.64. The zero-order valence-corrected chi connectivity index (χ0v) is 23.2. The lowest BCUT2D eigenvalue weighted by atomic mass is 10.0. The first kappa shape index (κ1) is 23.9. The molecular weight excluding hydrogens is 526 g/mol. The summed E-state index contributed by atoms with van der Waals surface area (Å²) >= 11 is 0. The molecule has 0 N–H and O–H groups in total. The molecule has 2 aromatic heterocycles. The normalized spacial score (nSPS) is 11.7. The van der Waals surface area contributed by atoms with E-state index in [1.165, 1.54) is 11.1 Å². The third kappa shape index (κ3) is 3.75. The average molecular weight is 552 g/mol. The van der Waals surface area contributed by atoms with E-state index in [-0.39, 0.29) is 0 Å². The maximum atomic E-state index is 6.44. The SMILES string of the molecule is c1ccc(-c2ccc(N(c3ccc4oc5ccccc5c4c3)c3cc4c5ccccc5oc4c4ccccc34)cc2)cc1. The van der Waals surface area contributed by atoms with Gasteiger partial charge in [0.15, 0.2) is 0 Å². The van der Waals surface area contributed by atoms with Gasteiger partial charge in [0.25, 0.3) is 0 Å².